The summed E-state index contributed by atoms with van der Waals surface area (Å²) in [6, 6.07) is 1.96. The molecule has 0 aliphatic heterocycles. The minimum atomic E-state index is 0.700. The van der Waals surface area contributed by atoms with Gasteiger partial charge in [0.05, 0.1) is 11.9 Å². The van der Waals surface area contributed by atoms with Gasteiger partial charge in [-0.15, -0.1) is 0 Å². The van der Waals surface area contributed by atoms with Crippen molar-refractivity contribution in [2.75, 3.05) is 5.73 Å². The van der Waals surface area contributed by atoms with Gasteiger partial charge in [0, 0.05) is 17.1 Å². The van der Waals surface area contributed by atoms with Crippen molar-refractivity contribution in [2.24, 2.45) is 0 Å². The molecule has 3 nitrogen and oxygen atoms in total. The standard InChI is InChI=1S/C12H11N3/c13-9-5-10-11(8-3-1-2-4-8)7-15-12(10)14-6-9/h1,3-7H,2,13H2,(H,14,15). The fourth-order valence-electron chi connectivity index (χ4n) is 1.92. The average Bonchev–Trinajstić information content (AvgIpc) is 2.83. The fourth-order valence-corrected chi connectivity index (χ4v) is 1.92. The monoisotopic (exact) mass is 197 g/mol. The minimum absolute atomic E-state index is 0.700. The van der Waals surface area contributed by atoms with Crippen LogP contribution in [0.4, 0.5) is 5.69 Å². The van der Waals surface area contributed by atoms with E-state index in [4.69, 9.17) is 5.73 Å². The molecular formula is C12H11N3. The molecule has 15 heavy (non-hydrogen) atoms. The molecule has 0 spiro atoms. The number of aromatic amines is 1. The van der Waals surface area contributed by atoms with Crippen LogP contribution in [0, 0.1) is 0 Å². The molecule has 3 N–H and O–H groups in total. The van der Waals surface area contributed by atoms with Gasteiger partial charge in [-0.1, -0.05) is 18.2 Å². The number of nitrogen functional groups attached to an aromatic ring is 1. The van der Waals surface area contributed by atoms with Gasteiger partial charge in [-0.05, 0) is 18.1 Å². The van der Waals surface area contributed by atoms with Crippen molar-refractivity contribution in [1.29, 1.82) is 0 Å². The Balaban J connectivity index is 2.27. The van der Waals surface area contributed by atoms with Gasteiger partial charge in [0.25, 0.3) is 0 Å². The molecule has 2 aromatic heterocycles. The van der Waals surface area contributed by atoms with Crippen LogP contribution in [0.3, 0.4) is 0 Å². The van der Waals surface area contributed by atoms with Gasteiger partial charge in [0.1, 0.15) is 5.65 Å². The molecular weight excluding hydrogens is 186 g/mol. The predicted molar refractivity (Wildman–Crippen MR) is 62.2 cm³/mol. The first kappa shape index (κ1) is 8.29. The van der Waals surface area contributed by atoms with Gasteiger partial charge in [-0.3, -0.25) is 0 Å². The summed E-state index contributed by atoms with van der Waals surface area (Å²) in [4.78, 5) is 7.39. The van der Waals surface area contributed by atoms with E-state index in [2.05, 4.69) is 28.2 Å². The quantitative estimate of drug-likeness (QED) is 0.737. The summed E-state index contributed by atoms with van der Waals surface area (Å²) in [6.45, 7) is 0. The first-order valence-corrected chi connectivity index (χ1v) is 4.94. The van der Waals surface area contributed by atoms with Gasteiger partial charge in [-0.25, -0.2) is 4.98 Å². The zero-order valence-electron chi connectivity index (χ0n) is 8.20. The van der Waals surface area contributed by atoms with Gasteiger partial charge >= 0.3 is 0 Å². The topological polar surface area (TPSA) is 54.7 Å². The first-order chi connectivity index (χ1) is 7.34. The summed E-state index contributed by atoms with van der Waals surface area (Å²) in [5, 5.41) is 1.09. The van der Waals surface area contributed by atoms with Crippen molar-refractivity contribution in [1.82, 2.24) is 9.97 Å². The maximum atomic E-state index is 5.74. The predicted octanol–water partition coefficient (Wildman–Crippen LogP) is 2.49. The molecule has 0 atom stereocenters. The molecule has 0 saturated carbocycles. The van der Waals surface area contributed by atoms with E-state index in [9.17, 15) is 0 Å². The molecule has 0 aromatic carbocycles. The number of nitrogens with zero attached hydrogens (tertiary/aromatic N) is 1. The lowest BCUT2D eigenvalue weighted by Gasteiger charge is -1.97. The number of hydrogen-bond donors (Lipinski definition) is 2. The highest BCUT2D eigenvalue weighted by Crippen LogP contribution is 2.28. The maximum Gasteiger partial charge on any atom is 0.138 e. The van der Waals surface area contributed by atoms with Crippen molar-refractivity contribution >= 4 is 22.3 Å². The molecule has 0 amide bonds. The lowest BCUT2D eigenvalue weighted by Crippen LogP contribution is -1.86. The molecule has 0 fully saturated rings. The molecule has 2 aromatic rings. The van der Waals surface area contributed by atoms with E-state index >= 15 is 0 Å². The molecule has 1 aliphatic carbocycles. The molecule has 0 radical (unpaired) electrons. The third-order valence-electron chi connectivity index (χ3n) is 2.63. The van der Waals surface area contributed by atoms with E-state index in [1.165, 1.54) is 11.1 Å². The van der Waals surface area contributed by atoms with Crippen molar-refractivity contribution in [2.45, 2.75) is 6.42 Å². The summed E-state index contributed by atoms with van der Waals surface area (Å²) in [7, 11) is 0. The highest BCUT2D eigenvalue weighted by atomic mass is 14.8. The fraction of sp³-hybridized carbons (Fsp3) is 0.0833. The van der Waals surface area contributed by atoms with Crippen LogP contribution < -0.4 is 5.73 Å². The van der Waals surface area contributed by atoms with Crippen LogP contribution in [0.2, 0.25) is 0 Å². The van der Waals surface area contributed by atoms with Gasteiger partial charge in [0.15, 0.2) is 0 Å². The number of fused-ring (bicyclic) bond motifs is 1. The highest BCUT2D eigenvalue weighted by molar-refractivity contribution is 5.95. The lowest BCUT2D eigenvalue weighted by molar-refractivity contribution is 1.33. The van der Waals surface area contributed by atoms with E-state index in [0.717, 1.165) is 17.5 Å². The van der Waals surface area contributed by atoms with E-state index in [1.807, 2.05) is 12.3 Å². The Kier molecular flexibility index (Phi) is 1.65. The number of rotatable bonds is 1. The molecule has 1 aliphatic rings. The Morgan fingerprint density at radius 1 is 1.40 bits per heavy atom. The molecule has 2 heterocycles. The second-order valence-electron chi connectivity index (χ2n) is 3.66. The van der Waals surface area contributed by atoms with Crippen LogP contribution in [0.5, 0.6) is 0 Å². The summed E-state index contributed by atoms with van der Waals surface area (Å²) in [6.07, 6.45) is 11.1. The SMILES string of the molecule is Nc1cnc2[nH]cc(C3=CCC=C3)c2c1. The number of allylic oxidation sites excluding steroid dienone is 4. The molecule has 3 rings (SSSR count). The molecule has 0 saturated heterocycles. The summed E-state index contributed by atoms with van der Waals surface area (Å²) in [5.74, 6) is 0. The smallest absolute Gasteiger partial charge is 0.138 e. The van der Waals surface area contributed by atoms with Gasteiger partial charge in [-0.2, -0.15) is 0 Å². The van der Waals surface area contributed by atoms with Crippen molar-refractivity contribution < 1.29 is 0 Å². The summed E-state index contributed by atoms with van der Waals surface area (Å²) >= 11 is 0. The lowest BCUT2D eigenvalue weighted by atomic mass is 10.1. The van der Waals surface area contributed by atoms with E-state index in [-0.39, 0.29) is 0 Å². The summed E-state index contributed by atoms with van der Waals surface area (Å²) < 4.78 is 0. The Bertz CT molecular complexity index is 576. The van der Waals surface area contributed by atoms with E-state index in [1.54, 1.807) is 6.20 Å². The zero-order chi connectivity index (χ0) is 10.3. The molecule has 74 valence electrons. The Morgan fingerprint density at radius 3 is 3.13 bits per heavy atom. The number of pyridine rings is 1. The zero-order valence-corrected chi connectivity index (χ0v) is 8.20. The second kappa shape index (κ2) is 2.98. The largest absolute Gasteiger partial charge is 0.397 e. The Labute approximate surface area is 87.3 Å². The Hall–Kier alpha value is -2.03. The normalized spacial score (nSPS) is 14.8. The van der Waals surface area contributed by atoms with Crippen LogP contribution in [0.25, 0.3) is 16.6 Å². The maximum absolute atomic E-state index is 5.74. The van der Waals surface area contributed by atoms with Crippen molar-refractivity contribution in [3.63, 3.8) is 0 Å². The number of nitrogens with one attached hydrogen (secondary N) is 1. The van der Waals surface area contributed by atoms with Crippen LogP contribution in [0.15, 0.2) is 36.7 Å². The second-order valence-corrected chi connectivity index (χ2v) is 3.66. The van der Waals surface area contributed by atoms with Crippen molar-refractivity contribution in [3.8, 4) is 0 Å². The molecule has 0 unspecified atom stereocenters. The van der Waals surface area contributed by atoms with Crippen LogP contribution >= 0.6 is 0 Å². The van der Waals surface area contributed by atoms with E-state index < -0.39 is 0 Å². The number of aromatic nitrogens is 2. The molecule has 3 heteroatoms. The third-order valence-corrected chi connectivity index (χ3v) is 2.63. The number of anilines is 1. The van der Waals surface area contributed by atoms with Crippen molar-refractivity contribution in [3.05, 3.63) is 42.3 Å². The first-order valence-electron chi connectivity index (χ1n) is 4.94. The van der Waals surface area contributed by atoms with E-state index in [0.29, 0.717) is 5.69 Å². The van der Waals surface area contributed by atoms with Crippen LogP contribution in [-0.4, -0.2) is 9.97 Å². The van der Waals surface area contributed by atoms with Crippen LogP contribution in [0.1, 0.15) is 12.0 Å². The van der Waals surface area contributed by atoms with Gasteiger partial charge < -0.3 is 10.7 Å². The Morgan fingerprint density at radius 2 is 2.33 bits per heavy atom. The minimum Gasteiger partial charge on any atom is -0.397 e. The summed E-state index contributed by atoms with van der Waals surface area (Å²) in [5.41, 5.74) is 9.75. The highest BCUT2D eigenvalue weighted by Gasteiger charge is 2.09. The molecule has 0 bridgehead atoms. The number of nitrogens with two attached hydrogens (primary N) is 1. The van der Waals surface area contributed by atoms with Gasteiger partial charge in [0.2, 0.25) is 0 Å². The number of H-pyrrole nitrogens is 1. The number of hydrogen-bond acceptors (Lipinski definition) is 2. The van der Waals surface area contributed by atoms with Crippen LogP contribution in [-0.2, 0) is 0 Å². The third kappa shape index (κ3) is 1.24. The average molecular weight is 197 g/mol.